The molecule has 0 radical (unpaired) electrons. The molecular weight excluding hydrogens is 685 g/mol. The van der Waals surface area contributed by atoms with Gasteiger partial charge in [0.05, 0.1) is 42.4 Å². The molecule has 2 amide bonds. The van der Waals surface area contributed by atoms with Crippen molar-refractivity contribution >= 4 is 23.4 Å². The third-order valence-corrected chi connectivity index (χ3v) is 11.5. The second-order valence-corrected chi connectivity index (χ2v) is 14.6. The summed E-state index contributed by atoms with van der Waals surface area (Å²) in [6.45, 7) is 6.50. The lowest BCUT2D eigenvalue weighted by Gasteiger charge is -2.50. The number of nitrogens with one attached hydrogen (secondary N) is 1. The normalized spacial score (nSPS) is 19.8. The van der Waals surface area contributed by atoms with Crippen molar-refractivity contribution < 1.29 is 23.5 Å². The lowest BCUT2D eigenvalue weighted by molar-refractivity contribution is -0.130. The highest BCUT2D eigenvalue weighted by Crippen LogP contribution is 2.47. The van der Waals surface area contributed by atoms with Gasteiger partial charge in [0.2, 0.25) is 23.6 Å². The average Bonchev–Trinajstić information content (AvgIpc) is 3.75. The first kappa shape index (κ1) is 34.4. The number of carbonyl (C=O) groups is 2. The van der Waals surface area contributed by atoms with E-state index >= 15 is 4.39 Å². The second-order valence-electron chi connectivity index (χ2n) is 14.2. The summed E-state index contributed by atoms with van der Waals surface area (Å²) in [4.78, 5) is 44.3. The van der Waals surface area contributed by atoms with Crippen LogP contribution in [0.1, 0.15) is 49.0 Å². The fourth-order valence-electron chi connectivity index (χ4n) is 8.31. The number of hydrogen-bond donors (Lipinski definition) is 1. The van der Waals surface area contributed by atoms with Crippen LogP contribution in [0.5, 0.6) is 11.8 Å². The van der Waals surface area contributed by atoms with E-state index < -0.39 is 5.82 Å². The van der Waals surface area contributed by atoms with Crippen molar-refractivity contribution in [2.75, 3.05) is 53.5 Å². The van der Waals surface area contributed by atoms with Gasteiger partial charge in [0.1, 0.15) is 11.5 Å². The summed E-state index contributed by atoms with van der Waals surface area (Å²) in [5, 5.41) is 3.56. The Labute approximate surface area is 307 Å². The fraction of sp³-hybridized carbons (Fsp3) is 0.410. The summed E-state index contributed by atoms with van der Waals surface area (Å²) in [5.74, 6) is 0.632. The SMILES string of the molecule is COc1nc(-c2cccc(-c3cccc(-c4cc5c(c(OC)n4)C(N4CC6(CCC(=O)N6)C4)CC5)c3Cl)c2F)cnc1CN1CCN(C(C)=O)CC1. The lowest BCUT2D eigenvalue weighted by atomic mass is 9.86. The van der Waals surface area contributed by atoms with Gasteiger partial charge in [-0.3, -0.25) is 24.4 Å². The molecule has 5 heterocycles. The van der Waals surface area contributed by atoms with Crippen LogP contribution in [0.25, 0.3) is 33.6 Å². The Morgan fingerprint density at radius 3 is 2.35 bits per heavy atom. The summed E-state index contributed by atoms with van der Waals surface area (Å²) in [5.41, 5.74) is 5.63. The Balaban J connectivity index is 1.05. The molecule has 1 spiro atoms. The van der Waals surface area contributed by atoms with E-state index in [9.17, 15) is 9.59 Å². The summed E-state index contributed by atoms with van der Waals surface area (Å²) in [6, 6.07) is 13.0. The van der Waals surface area contributed by atoms with Crippen LogP contribution in [-0.2, 0) is 22.6 Å². The molecular formula is C39H41ClFN7O4. The van der Waals surface area contributed by atoms with Crippen molar-refractivity contribution in [3.05, 3.63) is 76.3 Å². The molecule has 3 fully saturated rings. The highest BCUT2D eigenvalue weighted by Gasteiger charge is 2.51. The van der Waals surface area contributed by atoms with E-state index in [2.05, 4.69) is 31.2 Å². The standard InChI is InChI=1S/C39H41ClFN7O4/c1-23(49)47-16-14-46(15-17-47)20-31-37(51-2)44-30(19-42-31)28-9-5-7-26(36(28)41)25-6-4-8-27(35(25)40)29-18-24-10-11-32(34(24)38(43-29)52-3)48-21-39(22-48)13-12-33(50)45-39/h4-9,18-19,32H,10-17,20-22H2,1-3H3,(H,45,50). The molecule has 270 valence electrons. The number of likely N-dealkylation sites (tertiary alicyclic amines) is 1. The van der Waals surface area contributed by atoms with Crippen molar-refractivity contribution in [2.24, 2.45) is 0 Å². The Kier molecular flexibility index (Phi) is 9.09. The molecule has 4 aromatic rings. The van der Waals surface area contributed by atoms with E-state index in [0.717, 1.165) is 56.6 Å². The summed E-state index contributed by atoms with van der Waals surface area (Å²) in [6.07, 6.45) is 4.86. The number of amides is 2. The first-order chi connectivity index (χ1) is 25.2. The molecule has 1 N–H and O–H groups in total. The summed E-state index contributed by atoms with van der Waals surface area (Å²) < 4.78 is 28.0. The highest BCUT2D eigenvalue weighted by molar-refractivity contribution is 6.36. The predicted octanol–water partition coefficient (Wildman–Crippen LogP) is 5.30. The van der Waals surface area contributed by atoms with Gasteiger partial charge in [-0.1, -0.05) is 41.9 Å². The van der Waals surface area contributed by atoms with Crippen LogP contribution < -0.4 is 14.8 Å². The fourth-order valence-corrected chi connectivity index (χ4v) is 8.63. The van der Waals surface area contributed by atoms with E-state index in [1.54, 1.807) is 44.5 Å². The van der Waals surface area contributed by atoms with Gasteiger partial charge in [-0.15, -0.1) is 0 Å². The van der Waals surface area contributed by atoms with Gasteiger partial charge in [-0.2, -0.15) is 0 Å². The third kappa shape index (κ3) is 6.16. The molecule has 52 heavy (non-hydrogen) atoms. The zero-order chi connectivity index (χ0) is 36.1. The number of nitrogens with zero attached hydrogens (tertiary/aromatic N) is 6. The van der Waals surface area contributed by atoms with Crippen molar-refractivity contribution in [2.45, 2.75) is 50.7 Å². The van der Waals surface area contributed by atoms with Crippen LogP contribution in [0, 0.1) is 5.82 Å². The maximum atomic E-state index is 16.5. The number of piperazine rings is 1. The molecule has 8 rings (SSSR count). The van der Waals surface area contributed by atoms with Crippen LogP contribution in [0.2, 0.25) is 5.02 Å². The van der Waals surface area contributed by atoms with E-state index in [1.165, 1.54) is 7.11 Å². The van der Waals surface area contributed by atoms with Gasteiger partial charge in [0.15, 0.2) is 0 Å². The minimum Gasteiger partial charge on any atom is -0.481 e. The van der Waals surface area contributed by atoms with Crippen LogP contribution in [0.15, 0.2) is 48.7 Å². The number of ether oxygens (including phenoxy) is 2. The highest BCUT2D eigenvalue weighted by atomic mass is 35.5. The summed E-state index contributed by atoms with van der Waals surface area (Å²) >= 11 is 7.11. The number of hydrogen-bond acceptors (Lipinski definition) is 9. The monoisotopic (exact) mass is 725 g/mol. The number of aromatic nitrogens is 3. The quantitative estimate of drug-likeness (QED) is 0.259. The molecule has 3 aliphatic heterocycles. The number of aryl methyl sites for hydroxylation is 1. The zero-order valence-electron chi connectivity index (χ0n) is 29.5. The smallest absolute Gasteiger partial charge is 0.237 e. The summed E-state index contributed by atoms with van der Waals surface area (Å²) in [7, 11) is 3.17. The van der Waals surface area contributed by atoms with Crippen LogP contribution >= 0.6 is 11.6 Å². The molecule has 4 aliphatic rings. The van der Waals surface area contributed by atoms with Crippen molar-refractivity contribution in [3.63, 3.8) is 0 Å². The van der Waals surface area contributed by atoms with E-state index in [-0.39, 0.29) is 29.0 Å². The van der Waals surface area contributed by atoms with Crippen molar-refractivity contribution in [1.29, 1.82) is 0 Å². The first-order valence-electron chi connectivity index (χ1n) is 17.8. The molecule has 3 saturated heterocycles. The largest absolute Gasteiger partial charge is 0.481 e. The Morgan fingerprint density at radius 1 is 0.962 bits per heavy atom. The molecule has 1 unspecified atom stereocenters. The lowest BCUT2D eigenvalue weighted by Crippen LogP contribution is -2.67. The molecule has 13 heteroatoms. The Hall–Kier alpha value is -4.65. The number of pyridine rings is 1. The average molecular weight is 726 g/mol. The molecule has 0 bridgehead atoms. The van der Waals surface area contributed by atoms with E-state index in [1.807, 2.05) is 17.0 Å². The van der Waals surface area contributed by atoms with Crippen molar-refractivity contribution in [3.8, 4) is 45.4 Å². The Morgan fingerprint density at radius 2 is 1.65 bits per heavy atom. The number of fused-ring (bicyclic) bond motifs is 1. The minimum absolute atomic E-state index is 0.0751. The predicted molar refractivity (Wildman–Crippen MR) is 194 cm³/mol. The topological polar surface area (TPSA) is 113 Å². The number of benzene rings is 2. The van der Waals surface area contributed by atoms with Gasteiger partial charge in [-0.05, 0) is 37.0 Å². The van der Waals surface area contributed by atoms with Gasteiger partial charge in [0, 0.05) is 93.0 Å². The maximum Gasteiger partial charge on any atom is 0.237 e. The van der Waals surface area contributed by atoms with Crippen LogP contribution in [-0.4, -0.2) is 100 Å². The maximum absolute atomic E-state index is 16.5. The van der Waals surface area contributed by atoms with E-state index in [0.29, 0.717) is 76.6 Å². The minimum atomic E-state index is -0.473. The molecule has 0 saturated carbocycles. The molecule has 1 aliphatic carbocycles. The first-order valence-corrected chi connectivity index (χ1v) is 18.1. The number of methoxy groups -OCH3 is 2. The zero-order valence-corrected chi connectivity index (χ0v) is 30.3. The molecule has 2 aromatic heterocycles. The molecule has 2 aromatic carbocycles. The third-order valence-electron chi connectivity index (χ3n) is 11.0. The Bertz CT molecular complexity index is 2060. The van der Waals surface area contributed by atoms with Gasteiger partial charge in [-0.25, -0.2) is 14.4 Å². The number of halogens is 2. The molecule has 1 atom stereocenters. The second kappa shape index (κ2) is 13.7. The number of rotatable bonds is 8. The van der Waals surface area contributed by atoms with Crippen LogP contribution in [0.3, 0.4) is 0 Å². The van der Waals surface area contributed by atoms with Crippen molar-refractivity contribution in [1.82, 2.24) is 35.0 Å². The van der Waals surface area contributed by atoms with Gasteiger partial charge >= 0.3 is 0 Å². The van der Waals surface area contributed by atoms with Crippen LogP contribution in [0.4, 0.5) is 4.39 Å². The van der Waals surface area contributed by atoms with Gasteiger partial charge in [0.25, 0.3) is 0 Å². The van der Waals surface area contributed by atoms with E-state index in [4.69, 9.17) is 26.1 Å². The number of carbonyl (C=O) groups excluding carboxylic acids is 2. The van der Waals surface area contributed by atoms with Gasteiger partial charge < -0.3 is 19.7 Å². The molecule has 11 nitrogen and oxygen atoms in total.